The van der Waals surface area contributed by atoms with Gasteiger partial charge in [0.25, 0.3) is 0 Å². The molecule has 12 heteroatoms. The number of hydrogen-bond acceptors (Lipinski definition) is 0. The molecule has 0 aliphatic carbocycles. The second-order valence-corrected chi connectivity index (χ2v) is 18.7. The van der Waals surface area contributed by atoms with Crippen molar-refractivity contribution in [1.29, 1.82) is 0 Å². The third-order valence-corrected chi connectivity index (χ3v) is 16.0. The van der Waals surface area contributed by atoms with Crippen molar-refractivity contribution < 1.29 is 0 Å². The van der Waals surface area contributed by atoms with E-state index in [9.17, 15) is 0 Å². The smallest absolute Gasteiger partial charge is 0.100 e. The van der Waals surface area contributed by atoms with Crippen LogP contribution in [0.15, 0.2) is 109 Å². The van der Waals surface area contributed by atoms with Crippen molar-refractivity contribution in [2.45, 2.75) is 0 Å². The van der Waals surface area contributed by atoms with Crippen LogP contribution >= 0.6 is 0 Å². The normalized spacial score (nSPS) is 12.0. The van der Waals surface area contributed by atoms with Crippen LogP contribution < -0.4 is 65.6 Å². The second-order valence-electron chi connectivity index (χ2n) is 18.7. The minimum atomic E-state index is 1.30. The van der Waals surface area contributed by atoms with Crippen molar-refractivity contribution in [1.82, 2.24) is 0 Å². The van der Waals surface area contributed by atoms with Gasteiger partial charge in [0.15, 0.2) is 0 Å². The van der Waals surface area contributed by atoms with E-state index < -0.39 is 0 Å². The van der Waals surface area contributed by atoms with Gasteiger partial charge in [-0.3, -0.25) is 0 Å². The molecule has 0 spiro atoms. The molecule has 0 fully saturated rings. The van der Waals surface area contributed by atoms with E-state index >= 15 is 0 Å². The molecule has 0 unspecified atom stereocenters. The topological polar surface area (TPSA) is 0 Å². The average molecular weight is 773 g/mol. The van der Waals surface area contributed by atoms with Crippen LogP contribution in [0.1, 0.15) is 0 Å². The molecule has 0 N–H and O–H groups in total. The van der Waals surface area contributed by atoms with Crippen molar-refractivity contribution in [2.24, 2.45) is 0 Å². The molecular formula is C50H42B12. The summed E-state index contributed by atoms with van der Waals surface area (Å²) in [6, 6.07) is 41.5. The summed E-state index contributed by atoms with van der Waals surface area (Å²) >= 11 is 0. The fourth-order valence-corrected chi connectivity index (χ4v) is 12.2. The highest BCUT2D eigenvalue weighted by molar-refractivity contribution is 6.70. The van der Waals surface area contributed by atoms with Crippen LogP contribution in [0.5, 0.6) is 0 Å². The third-order valence-electron chi connectivity index (χ3n) is 16.0. The molecule has 0 atom stereocenters. The molecular weight excluding hydrogens is 730 g/mol. The highest BCUT2D eigenvalue weighted by atomic mass is 14.3. The number of hydrogen-bond donors (Lipinski definition) is 0. The number of benzene rings is 11. The van der Waals surface area contributed by atoms with Crippen molar-refractivity contribution in [2.75, 3.05) is 0 Å². The minimum Gasteiger partial charge on any atom is -0.100 e. The quantitative estimate of drug-likeness (QED) is 0.124. The fourth-order valence-electron chi connectivity index (χ4n) is 12.2. The van der Waals surface area contributed by atoms with Crippen LogP contribution in [0, 0.1) is 0 Å². The summed E-state index contributed by atoms with van der Waals surface area (Å²) in [6.45, 7) is 0. The van der Waals surface area contributed by atoms with Gasteiger partial charge in [-0.2, -0.15) is 0 Å². The zero-order valence-corrected chi connectivity index (χ0v) is 38.4. The van der Waals surface area contributed by atoms with E-state index in [1.54, 1.807) is 0 Å². The van der Waals surface area contributed by atoms with E-state index in [0.29, 0.717) is 0 Å². The van der Waals surface area contributed by atoms with Crippen molar-refractivity contribution >= 4 is 224 Å². The lowest BCUT2D eigenvalue weighted by molar-refractivity contribution is 1.74. The zero-order chi connectivity index (χ0) is 43.2. The van der Waals surface area contributed by atoms with Crippen LogP contribution in [-0.2, 0) is 0 Å². The predicted molar refractivity (Wildman–Crippen MR) is 314 cm³/mol. The van der Waals surface area contributed by atoms with E-state index in [2.05, 4.69) is 203 Å². The van der Waals surface area contributed by atoms with Crippen LogP contribution in [0.25, 0.3) is 109 Å². The molecule has 0 aliphatic rings. The average Bonchev–Trinajstić information content (AvgIpc) is 3.28. The molecule has 11 aromatic rings. The summed E-state index contributed by atoms with van der Waals surface area (Å²) in [5.74, 6) is 0. The van der Waals surface area contributed by atoms with E-state index in [1.807, 2.05) is 0 Å². The molecule has 0 saturated heterocycles. The molecule has 0 nitrogen and oxygen atoms in total. The van der Waals surface area contributed by atoms with E-state index in [0.717, 1.165) is 0 Å². The Balaban J connectivity index is 1.19. The first-order valence-electron chi connectivity index (χ1n) is 22.5. The van der Waals surface area contributed by atoms with E-state index in [1.165, 1.54) is 175 Å². The molecule has 11 rings (SSSR count). The number of rotatable bonds is 4. The molecule has 0 saturated carbocycles. The van der Waals surface area contributed by atoms with Crippen molar-refractivity contribution in [3.05, 3.63) is 109 Å². The SMILES string of the molecule is Bc1c(B)c(-c2c(B)c(B)c(B)c(-c3ccc4ccc5cccc6ccc3c4c56)c2B)c(B)c(-c2c(B)c(B)c(B)c(-c3ccc4ccc5cccc6ccc3c4c56)c2B)c1B. The highest BCUT2D eigenvalue weighted by Gasteiger charge is 2.27. The van der Waals surface area contributed by atoms with Gasteiger partial charge in [-0.05, 0) is 109 Å². The third kappa shape index (κ3) is 5.19. The molecule has 0 aliphatic heterocycles. The first kappa shape index (κ1) is 39.1. The molecule has 11 aromatic carbocycles. The van der Waals surface area contributed by atoms with Crippen molar-refractivity contribution in [3.63, 3.8) is 0 Å². The standard InChI is InChI=1S/C50H42B12/c51-39-33(27-17-13-23-9-7-19-3-1-5-21-11-15-25(27)31(23)29(19)21)42(54)48(60)44(56)35(39)37-41(53)38(47(59)50(62)46(37)58)36-40(52)34(43(55)49(61)45(36)57)28-18-14-24-10-8-20-4-2-6-22-12-16-26(28)32(24)30(20)22/h1-18H,51-62H2. The molecule has 0 heterocycles. The summed E-state index contributed by atoms with van der Waals surface area (Å²) in [7, 11) is 28.4. The molecule has 0 radical (unpaired) electrons. The van der Waals surface area contributed by atoms with Gasteiger partial charge in [0.05, 0.1) is 0 Å². The van der Waals surface area contributed by atoms with Gasteiger partial charge in [0.2, 0.25) is 0 Å². The Morgan fingerprint density at radius 3 is 0.758 bits per heavy atom. The molecule has 0 bridgehead atoms. The maximum Gasteiger partial charge on any atom is 0.140 e. The van der Waals surface area contributed by atoms with Gasteiger partial charge >= 0.3 is 0 Å². The highest BCUT2D eigenvalue weighted by Crippen LogP contribution is 2.40. The Bertz CT molecular complexity index is 3510. The fraction of sp³-hybridized carbons (Fsp3) is 0. The first-order valence-corrected chi connectivity index (χ1v) is 22.5. The molecule has 0 amide bonds. The van der Waals surface area contributed by atoms with Gasteiger partial charge in [-0.1, -0.05) is 158 Å². The molecule has 62 heavy (non-hydrogen) atoms. The van der Waals surface area contributed by atoms with Crippen LogP contribution in [0.3, 0.4) is 0 Å². The zero-order valence-electron chi connectivity index (χ0n) is 38.4. The predicted octanol–water partition coefficient (Wildman–Crippen LogP) is -6.75. The van der Waals surface area contributed by atoms with Gasteiger partial charge < -0.3 is 0 Å². The summed E-state index contributed by atoms with van der Waals surface area (Å²) in [5.41, 5.74) is 27.4. The van der Waals surface area contributed by atoms with Crippen LogP contribution in [0.2, 0.25) is 0 Å². The summed E-state index contributed by atoms with van der Waals surface area (Å²) in [5, 5.41) is 16.0. The van der Waals surface area contributed by atoms with Crippen molar-refractivity contribution in [3.8, 4) is 44.5 Å². The summed E-state index contributed by atoms with van der Waals surface area (Å²) in [6.07, 6.45) is 0. The summed E-state index contributed by atoms with van der Waals surface area (Å²) < 4.78 is 0. The van der Waals surface area contributed by atoms with E-state index in [-0.39, 0.29) is 0 Å². The Labute approximate surface area is 376 Å². The maximum absolute atomic E-state index is 2.41. The Morgan fingerprint density at radius 1 is 0.194 bits per heavy atom. The lowest BCUT2D eigenvalue weighted by Crippen LogP contribution is -2.53. The lowest BCUT2D eigenvalue weighted by Gasteiger charge is -2.31. The van der Waals surface area contributed by atoms with Gasteiger partial charge in [0, 0.05) is 0 Å². The van der Waals surface area contributed by atoms with Gasteiger partial charge in [0.1, 0.15) is 94.2 Å². The van der Waals surface area contributed by atoms with Gasteiger partial charge in [-0.15, -0.1) is 16.4 Å². The minimum absolute atomic E-state index is 1.30. The first-order chi connectivity index (χ1) is 29.8. The lowest BCUT2D eigenvalue weighted by atomic mass is 9.55. The maximum atomic E-state index is 2.41. The monoisotopic (exact) mass is 774 g/mol. The van der Waals surface area contributed by atoms with E-state index in [4.69, 9.17) is 0 Å². The summed E-state index contributed by atoms with van der Waals surface area (Å²) in [4.78, 5) is 0. The molecule has 0 aromatic heterocycles. The Morgan fingerprint density at radius 2 is 0.435 bits per heavy atom. The Hall–Kier alpha value is -5.72. The Kier molecular flexibility index (Phi) is 8.77. The van der Waals surface area contributed by atoms with Gasteiger partial charge in [-0.25, -0.2) is 0 Å². The largest absolute Gasteiger partial charge is 0.140 e. The van der Waals surface area contributed by atoms with Crippen LogP contribution in [0.4, 0.5) is 0 Å². The molecule has 278 valence electrons. The van der Waals surface area contributed by atoms with Crippen LogP contribution in [-0.4, -0.2) is 94.2 Å². The second kappa shape index (κ2) is 13.9.